The van der Waals surface area contributed by atoms with Crippen molar-refractivity contribution in [1.82, 2.24) is 4.57 Å². The molecule has 0 fully saturated rings. The van der Waals surface area contributed by atoms with Crippen LogP contribution in [0.5, 0.6) is 0 Å². The van der Waals surface area contributed by atoms with Crippen molar-refractivity contribution in [2.45, 2.75) is 13.0 Å². The Balaban J connectivity index is 0.00000120. The van der Waals surface area contributed by atoms with Gasteiger partial charge in [-0.2, -0.15) is 0 Å². The number of fused-ring (bicyclic) bond motifs is 1. The number of hydrogen-bond donors (Lipinski definition) is 0. The van der Waals surface area contributed by atoms with Crippen LogP contribution in [0.4, 0.5) is 0 Å². The first kappa shape index (κ1) is 13.3. The second kappa shape index (κ2) is 5.69. The summed E-state index contributed by atoms with van der Waals surface area (Å²) >= 11 is 0. The first-order valence-electron chi connectivity index (χ1n) is 6.11. The Morgan fingerprint density at radius 2 is 1.89 bits per heavy atom. The number of nitrogens with zero attached hydrogens (tertiary/aromatic N) is 2. The topological polar surface area (TPSA) is 7.94 Å². The number of benzene rings is 1. The first-order chi connectivity index (χ1) is 8.34. The Kier molecular flexibility index (Phi) is 4.22. The molecule has 0 saturated carbocycles. The highest BCUT2D eigenvalue weighted by molar-refractivity contribution is 5.97. The van der Waals surface area contributed by atoms with E-state index in [4.69, 9.17) is 0 Å². The van der Waals surface area contributed by atoms with Crippen molar-refractivity contribution in [2.75, 3.05) is 13.6 Å². The molecule has 1 aromatic carbocycles. The second-order valence-electron chi connectivity index (χ2n) is 4.62. The van der Waals surface area contributed by atoms with Crippen LogP contribution in [-0.2, 0) is 13.0 Å². The number of likely N-dealkylation sites (N-methyl/N-ethyl adjacent to an activating group) is 1. The van der Waals surface area contributed by atoms with Gasteiger partial charge in [0, 0.05) is 6.20 Å². The quantitative estimate of drug-likeness (QED) is 0.493. The van der Waals surface area contributed by atoms with Crippen LogP contribution in [0.1, 0.15) is 11.3 Å². The lowest BCUT2D eigenvalue weighted by molar-refractivity contribution is -0.502. The monoisotopic (exact) mass is 352 g/mol. The van der Waals surface area contributed by atoms with Crippen LogP contribution in [0.25, 0.3) is 0 Å². The van der Waals surface area contributed by atoms with E-state index in [9.17, 15) is 0 Å². The lowest BCUT2D eigenvalue weighted by Crippen LogP contribution is -3.00. The van der Waals surface area contributed by atoms with E-state index in [1.54, 1.807) is 0 Å². The van der Waals surface area contributed by atoms with Gasteiger partial charge in [-0.05, 0) is 17.7 Å². The molecular formula is C15H17IN2. The van der Waals surface area contributed by atoms with Crippen LogP contribution in [0.15, 0.2) is 48.7 Å². The third-order valence-electron chi connectivity index (χ3n) is 3.48. The summed E-state index contributed by atoms with van der Waals surface area (Å²) in [6.07, 6.45) is 3.19. The summed E-state index contributed by atoms with van der Waals surface area (Å²) in [5.74, 6) is 0. The van der Waals surface area contributed by atoms with Crippen LogP contribution in [-0.4, -0.2) is 28.4 Å². The van der Waals surface area contributed by atoms with Gasteiger partial charge in [0.15, 0.2) is 6.54 Å². The van der Waals surface area contributed by atoms with E-state index in [0.29, 0.717) is 0 Å². The third kappa shape index (κ3) is 2.51. The fourth-order valence-corrected chi connectivity index (χ4v) is 2.47. The van der Waals surface area contributed by atoms with Crippen molar-refractivity contribution in [3.05, 3.63) is 59.9 Å². The van der Waals surface area contributed by atoms with E-state index in [1.165, 1.54) is 17.0 Å². The smallest absolute Gasteiger partial charge is 0.204 e. The highest BCUT2D eigenvalue weighted by Gasteiger charge is 2.22. The molecule has 0 aliphatic carbocycles. The fourth-order valence-electron chi connectivity index (χ4n) is 2.47. The summed E-state index contributed by atoms with van der Waals surface area (Å²) in [5, 5.41) is 0. The van der Waals surface area contributed by atoms with Crippen LogP contribution in [0.2, 0.25) is 0 Å². The molecule has 0 bridgehead atoms. The molecule has 18 heavy (non-hydrogen) atoms. The maximum Gasteiger partial charge on any atom is 0.204 e. The van der Waals surface area contributed by atoms with Gasteiger partial charge < -0.3 is 28.5 Å². The average Bonchev–Trinajstić information content (AvgIpc) is 2.83. The van der Waals surface area contributed by atoms with E-state index in [-0.39, 0.29) is 24.0 Å². The molecule has 0 atom stereocenters. The van der Waals surface area contributed by atoms with Crippen molar-refractivity contribution in [3.63, 3.8) is 0 Å². The highest BCUT2D eigenvalue weighted by Crippen LogP contribution is 2.13. The number of hydrogen-bond acceptors (Lipinski definition) is 0. The molecule has 94 valence electrons. The van der Waals surface area contributed by atoms with Crippen LogP contribution in [0.3, 0.4) is 0 Å². The molecule has 2 nitrogen and oxygen atoms in total. The van der Waals surface area contributed by atoms with Gasteiger partial charge in [0.25, 0.3) is 0 Å². The zero-order valence-corrected chi connectivity index (χ0v) is 12.7. The van der Waals surface area contributed by atoms with Crippen molar-refractivity contribution in [3.8, 4) is 0 Å². The highest BCUT2D eigenvalue weighted by atomic mass is 127. The molecule has 0 saturated heterocycles. The van der Waals surface area contributed by atoms with Crippen LogP contribution in [0, 0.1) is 0 Å². The summed E-state index contributed by atoms with van der Waals surface area (Å²) in [7, 11) is 2.19. The van der Waals surface area contributed by atoms with Crippen molar-refractivity contribution >= 4 is 5.71 Å². The molecule has 1 aromatic heterocycles. The Bertz CT molecular complexity index is 555. The van der Waals surface area contributed by atoms with E-state index in [2.05, 4.69) is 64.9 Å². The molecule has 1 aliphatic rings. The fraction of sp³-hybridized carbons (Fsp3) is 0.267. The molecule has 2 heterocycles. The maximum atomic E-state index is 2.38. The molecule has 0 unspecified atom stereocenters. The standard InChI is InChI=1S/C15H17N2.HI/c1-16-10-11-17-9-5-8-14(17)15(16)12-13-6-3-2-4-7-13;/h2-9H,10-12H2,1H3;1H/q+1;/p-1. The number of aromatic nitrogens is 1. The zero-order chi connectivity index (χ0) is 11.7. The van der Waals surface area contributed by atoms with Gasteiger partial charge in [-0.25, -0.2) is 4.58 Å². The van der Waals surface area contributed by atoms with Gasteiger partial charge in [-0.3, -0.25) is 0 Å². The van der Waals surface area contributed by atoms with Gasteiger partial charge >= 0.3 is 0 Å². The molecule has 3 rings (SSSR count). The Morgan fingerprint density at radius 1 is 1.11 bits per heavy atom. The van der Waals surface area contributed by atoms with Gasteiger partial charge in [-0.1, -0.05) is 30.3 Å². The Morgan fingerprint density at radius 3 is 2.67 bits per heavy atom. The third-order valence-corrected chi connectivity index (χ3v) is 3.48. The van der Waals surface area contributed by atoms with Crippen LogP contribution < -0.4 is 24.0 Å². The predicted molar refractivity (Wildman–Crippen MR) is 69.7 cm³/mol. The van der Waals surface area contributed by atoms with E-state index in [1.807, 2.05) is 0 Å². The Labute approximate surface area is 125 Å². The van der Waals surface area contributed by atoms with Crippen molar-refractivity contribution < 1.29 is 28.6 Å². The summed E-state index contributed by atoms with van der Waals surface area (Å²) in [5.41, 5.74) is 4.17. The lowest BCUT2D eigenvalue weighted by atomic mass is 10.0. The summed E-state index contributed by atoms with van der Waals surface area (Å²) in [4.78, 5) is 0. The molecule has 3 heteroatoms. The molecule has 2 aromatic rings. The molecule has 0 radical (unpaired) electrons. The number of halogens is 1. The molecule has 1 aliphatic heterocycles. The van der Waals surface area contributed by atoms with E-state index in [0.717, 1.165) is 19.5 Å². The van der Waals surface area contributed by atoms with Crippen molar-refractivity contribution in [1.29, 1.82) is 0 Å². The van der Waals surface area contributed by atoms with Crippen LogP contribution >= 0.6 is 0 Å². The zero-order valence-electron chi connectivity index (χ0n) is 10.5. The minimum Gasteiger partial charge on any atom is -1.00 e. The Hall–Kier alpha value is -1.10. The minimum atomic E-state index is 0. The summed E-state index contributed by atoms with van der Waals surface area (Å²) in [6, 6.07) is 15.0. The molecular weight excluding hydrogens is 335 g/mol. The predicted octanol–water partition coefficient (Wildman–Crippen LogP) is -0.820. The second-order valence-corrected chi connectivity index (χ2v) is 4.62. The van der Waals surface area contributed by atoms with Gasteiger partial charge in [0.1, 0.15) is 12.7 Å². The normalized spacial score (nSPS) is 14.1. The maximum absolute atomic E-state index is 2.38. The van der Waals surface area contributed by atoms with E-state index < -0.39 is 0 Å². The van der Waals surface area contributed by atoms with Gasteiger partial charge in [0.2, 0.25) is 5.71 Å². The van der Waals surface area contributed by atoms with Gasteiger partial charge in [-0.15, -0.1) is 0 Å². The number of rotatable bonds is 2. The first-order valence-corrected chi connectivity index (χ1v) is 6.11. The largest absolute Gasteiger partial charge is 1.00 e. The van der Waals surface area contributed by atoms with Crippen molar-refractivity contribution in [2.24, 2.45) is 0 Å². The van der Waals surface area contributed by atoms with E-state index >= 15 is 0 Å². The average molecular weight is 352 g/mol. The molecule has 0 N–H and O–H groups in total. The lowest BCUT2D eigenvalue weighted by Gasteiger charge is -2.16. The van der Waals surface area contributed by atoms with Gasteiger partial charge in [0.05, 0.1) is 13.0 Å². The minimum absolute atomic E-state index is 0. The SMILES string of the molecule is C[N+]1=C(Cc2ccccc2)c2cccn2CC1.[I-]. The molecule has 0 amide bonds. The summed E-state index contributed by atoms with van der Waals surface area (Å²) in [6.45, 7) is 2.20. The molecule has 0 spiro atoms. The summed E-state index contributed by atoms with van der Waals surface area (Å²) < 4.78 is 4.72.